The van der Waals surface area contributed by atoms with Gasteiger partial charge in [-0.2, -0.15) is 0 Å². The molecule has 1 unspecified atom stereocenters. The summed E-state index contributed by atoms with van der Waals surface area (Å²) in [6.45, 7) is 6.65. The summed E-state index contributed by atoms with van der Waals surface area (Å²) < 4.78 is 0. The molecule has 0 aliphatic carbocycles. The van der Waals surface area contributed by atoms with E-state index >= 15 is 0 Å². The van der Waals surface area contributed by atoms with E-state index in [1.165, 1.54) is 4.90 Å². The number of carbonyl (C=O) groups excluding carboxylic acids is 1. The lowest BCUT2D eigenvalue weighted by Gasteiger charge is -2.40. The van der Waals surface area contributed by atoms with Crippen molar-refractivity contribution in [3.05, 3.63) is 35.9 Å². The number of hydrogen-bond acceptors (Lipinski definition) is 3. The van der Waals surface area contributed by atoms with Crippen LogP contribution in [0, 0.1) is 5.92 Å². The third kappa shape index (κ3) is 3.82. The highest BCUT2D eigenvalue weighted by Crippen LogP contribution is 2.15. The minimum atomic E-state index is -0.937. The van der Waals surface area contributed by atoms with Crippen molar-refractivity contribution in [2.24, 2.45) is 5.92 Å². The van der Waals surface area contributed by atoms with Crippen molar-refractivity contribution >= 4 is 11.9 Å². The van der Waals surface area contributed by atoms with Crippen LogP contribution >= 0.6 is 0 Å². The number of carboxylic acid groups (broad SMARTS) is 1. The number of amides is 1. The first-order chi connectivity index (χ1) is 9.99. The van der Waals surface area contributed by atoms with Gasteiger partial charge in [-0.1, -0.05) is 32.0 Å². The highest BCUT2D eigenvalue weighted by Gasteiger charge is 2.35. The molecule has 1 fully saturated rings. The van der Waals surface area contributed by atoms with Gasteiger partial charge < -0.3 is 10.0 Å². The molecule has 1 saturated heterocycles. The lowest BCUT2D eigenvalue weighted by molar-refractivity contribution is -0.144. The highest BCUT2D eigenvalue weighted by atomic mass is 16.4. The predicted molar refractivity (Wildman–Crippen MR) is 80.2 cm³/mol. The second kappa shape index (κ2) is 6.72. The Balaban J connectivity index is 2.12. The van der Waals surface area contributed by atoms with Gasteiger partial charge in [0.05, 0.1) is 0 Å². The zero-order valence-electron chi connectivity index (χ0n) is 12.5. The van der Waals surface area contributed by atoms with Crippen LogP contribution in [0.4, 0.5) is 0 Å². The topological polar surface area (TPSA) is 60.9 Å². The van der Waals surface area contributed by atoms with Gasteiger partial charge in [0.1, 0.15) is 6.04 Å². The molecule has 5 heteroatoms. The molecule has 0 spiro atoms. The van der Waals surface area contributed by atoms with E-state index < -0.39 is 12.0 Å². The smallest absolute Gasteiger partial charge is 0.327 e. The molecule has 0 saturated carbocycles. The minimum absolute atomic E-state index is 0.202. The maximum atomic E-state index is 12.5. The Hall–Kier alpha value is -1.88. The number of benzene rings is 1. The molecule has 0 aromatic heterocycles. The largest absolute Gasteiger partial charge is 0.480 e. The van der Waals surface area contributed by atoms with Crippen LogP contribution in [-0.2, 0) is 4.79 Å². The van der Waals surface area contributed by atoms with Gasteiger partial charge >= 0.3 is 5.97 Å². The van der Waals surface area contributed by atoms with E-state index in [-0.39, 0.29) is 5.91 Å². The van der Waals surface area contributed by atoms with Crippen molar-refractivity contribution < 1.29 is 14.7 Å². The number of hydrogen-bond donors (Lipinski definition) is 1. The summed E-state index contributed by atoms with van der Waals surface area (Å²) in [5, 5.41) is 9.44. The maximum absolute atomic E-state index is 12.5. The van der Waals surface area contributed by atoms with Crippen LogP contribution in [0.15, 0.2) is 30.3 Å². The van der Waals surface area contributed by atoms with Crippen LogP contribution < -0.4 is 0 Å². The molecule has 1 aromatic rings. The third-order valence-electron chi connectivity index (χ3n) is 3.65. The number of nitrogens with zero attached hydrogens (tertiary/aromatic N) is 2. The number of aliphatic carboxylic acids is 1. The Bertz CT molecular complexity index is 502. The SMILES string of the molecule is CC(C)CN1CCN(C(=O)c2ccccc2)C(C(=O)O)C1. The van der Waals surface area contributed by atoms with Crippen molar-refractivity contribution in [3.63, 3.8) is 0 Å². The van der Waals surface area contributed by atoms with E-state index in [4.69, 9.17) is 0 Å². The molecule has 1 aliphatic rings. The summed E-state index contributed by atoms with van der Waals surface area (Å²) in [6, 6.07) is 8.09. The quantitative estimate of drug-likeness (QED) is 0.914. The molecule has 0 bridgehead atoms. The van der Waals surface area contributed by atoms with E-state index in [0.717, 1.165) is 13.1 Å². The molecule has 1 heterocycles. The highest BCUT2D eigenvalue weighted by molar-refractivity contribution is 5.96. The standard InChI is InChI=1S/C16H22N2O3/c1-12(2)10-17-8-9-18(14(11-17)16(20)21)15(19)13-6-4-3-5-7-13/h3-7,12,14H,8-11H2,1-2H3,(H,20,21). The fourth-order valence-electron chi connectivity index (χ4n) is 2.72. The number of rotatable bonds is 4. The Morgan fingerprint density at radius 1 is 1.24 bits per heavy atom. The molecular weight excluding hydrogens is 268 g/mol. The Morgan fingerprint density at radius 3 is 2.48 bits per heavy atom. The molecular formula is C16H22N2O3. The molecule has 1 aromatic carbocycles. The molecule has 114 valence electrons. The van der Waals surface area contributed by atoms with E-state index in [9.17, 15) is 14.7 Å². The summed E-state index contributed by atoms with van der Waals surface area (Å²) in [7, 11) is 0. The zero-order chi connectivity index (χ0) is 15.4. The Labute approximate surface area is 125 Å². The van der Waals surface area contributed by atoms with Gasteiger partial charge in [-0.05, 0) is 18.1 Å². The van der Waals surface area contributed by atoms with E-state index in [1.807, 2.05) is 6.07 Å². The molecule has 21 heavy (non-hydrogen) atoms. The molecule has 1 amide bonds. The molecule has 5 nitrogen and oxygen atoms in total. The predicted octanol–water partition coefficient (Wildman–Crippen LogP) is 1.55. The van der Waals surface area contributed by atoms with Crippen LogP contribution in [0.25, 0.3) is 0 Å². The van der Waals surface area contributed by atoms with Crippen molar-refractivity contribution in [2.75, 3.05) is 26.2 Å². The fraction of sp³-hybridized carbons (Fsp3) is 0.500. The first-order valence-corrected chi connectivity index (χ1v) is 7.30. The Morgan fingerprint density at radius 2 is 1.90 bits per heavy atom. The number of carboxylic acids is 1. The minimum Gasteiger partial charge on any atom is -0.480 e. The first-order valence-electron chi connectivity index (χ1n) is 7.30. The normalized spacial score (nSPS) is 19.8. The van der Waals surface area contributed by atoms with Crippen LogP contribution in [0.3, 0.4) is 0 Å². The molecule has 0 radical (unpaired) electrons. The lowest BCUT2D eigenvalue weighted by Crippen LogP contribution is -2.58. The van der Waals surface area contributed by atoms with Gasteiger partial charge in [-0.3, -0.25) is 9.69 Å². The van der Waals surface area contributed by atoms with Crippen molar-refractivity contribution in [2.45, 2.75) is 19.9 Å². The first kappa shape index (κ1) is 15.5. The van der Waals surface area contributed by atoms with E-state index in [2.05, 4.69) is 18.7 Å². The molecule has 1 N–H and O–H groups in total. The Kier molecular flexibility index (Phi) is 4.96. The van der Waals surface area contributed by atoms with Crippen LogP contribution in [-0.4, -0.2) is 59.0 Å². The fourth-order valence-corrected chi connectivity index (χ4v) is 2.72. The molecule has 1 aliphatic heterocycles. The third-order valence-corrected chi connectivity index (χ3v) is 3.65. The van der Waals surface area contributed by atoms with Crippen LogP contribution in [0.2, 0.25) is 0 Å². The monoisotopic (exact) mass is 290 g/mol. The van der Waals surface area contributed by atoms with E-state index in [0.29, 0.717) is 24.6 Å². The van der Waals surface area contributed by atoms with Gasteiger partial charge in [-0.25, -0.2) is 4.79 Å². The van der Waals surface area contributed by atoms with Crippen molar-refractivity contribution in [1.29, 1.82) is 0 Å². The van der Waals surface area contributed by atoms with Gasteiger partial charge in [-0.15, -0.1) is 0 Å². The van der Waals surface area contributed by atoms with Crippen molar-refractivity contribution in [1.82, 2.24) is 9.80 Å². The van der Waals surface area contributed by atoms with E-state index in [1.54, 1.807) is 24.3 Å². The average Bonchev–Trinajstić information content (AvgIpc) is 2.46. The summed E-state index contributed by atoms with van der Waals surface area (Å²) >= 11 is 0. The maximum Gasteiger partial charge on any atom is 0.327 e. The molecule has 1 atom stereocenters. The second-order valence-corrected chi connectivity index (χ2v) is 5.87. The van der Waals surface area contributed by atoms with Gasteiger partial charge in [0, 0.05) is 31.7 Å². The lowest BCUT2D eigenvalue weighted by atomic mass is 10.1. The van der Waals surface area contributed by atoms with Crippen LogP contribution in [0.1, 0.15) is 24.2 Å². The second-order valence-electron chi connectivity index (χ2n) is 5.87. The van der Waals surface area contributed by atoms with Gasteiger partial charge in [0.15, 0.2) is 0 Å². The van der Waals surface area contributed by atoms with Gasteiger partial charge in [0.2, 0.25) is 0 Å². The summed E-state index contributed by atoms with van der Waals surface area (Å²) in [5.74, 6) is -0.657. The summed E-state index contributed by atoms with van der Waals surface area (Å²) in [5.41, 5.74) is 0.543. The van der Waals surface area contributed by atoms with Gasteiger partial charge in [0.25, 0.3) is 5.91 Å². The average molecular weight is 290 g/mol. The number of carbonyl (C=O) groups is 2. The summed E-state index contributed by atoms with van der Waals surface area (Å²) in [6.07, 6.45) is 0. The van der Waals surface area contributed by atoms with Crippen LogP contribution in [0.5, 0.6) is 0 Å². The summed E-state index contributed by atoms with van der Waals surface area (Å²) in [4.78, 5) is 27.6. The zero-order valence-corrected chi connectivity index (χ0v) is 12.5. The number of piperazine rings is 1. The van der Waals surface area contributed by atoms with Crippen molar-refractivity contribution in [3.8, 4) is 0 Å². The molecule has 2 rings (SSSR count).